The maximum Gasteiger partial charge on any atom is 0.424 e. The van der Waals surface area contributed by atoms with Crippen LogP contribution in [-0.2, 0) is 4.74 Å². The van der Waals surface area contributed by atoms with Crippen LogP contribution >= 0.6 is 23.2 Å². The average Bonchev–Trinajstić information content (AvgIpc) is 2.18. The maximum atomic E-state index is 10.6. The van der Waals surface area contributed by atoms with Crippen molar-refractivity contribution in [2.45, 2.75) is 6.04 Å². The van der Waals surface area contributed by atoms with E-state index in [0.29, 0.717) is 0 Å². The van der Waals surface area contributed by atoms with Gasteiger partial charge in [-0.3, -0.25) is 0 Å². The first-order chi connectivity index (χ1) is 5.11. The van der Waals surface area contributed by atoms with Gasteiger partial charge in [-0.1, -0.05) is 23.2 Å². The fourth-order valence-corrected chi connectivity index (χ4v) is 1.01. The van der Waals surface area contributed by atoms with Crippen molar-refractivity contribution in [2.75, 3.05) is 6.61 Å². The number of hydrogen-bond acceptors (Lipinski definition) is 3. The van der Waals surface area contributed by atoms with Crippen molar-refractivity contribution < 1.29 is 9.53 Å². The van der Waals surface area contributed by atoms with Gasteiger partial charge in [0.05, 0.1) is 0 Å². The molecule has 0 spiro atoms. The lowest BCUT2D eigenvalue weighted by atomic mass is 10.3. The minimum Gasteiger partial charge on any atom is -0.446 e. The first-order valence-corrected chi connectivity index (χ1v) is 3.60. The first-order valence-electron chi connectivity index (χ1n) is 2.85. The van der Waals surface area contributed by atoms with Crippen LogP contribution in [0.25, 0.3) is 0 Å². The lowest BCUT2D eigenvalue weighted by Crippen LogP contribution is -2.38. The molecule has 1 heterocycles. The van der Waals surface area contributed by atoms with Crippen LogP contribution in [-0.4, -0.2) is 23.8 Å². The number of carbonyl (C=O) groups excluding carboxylic acids is 1. The second-order valence-electron chi connectivity index (χ2n) is 2.01. The van der Waals surface area contributed by atoms with Gasteiger partial charge in [0.25, 0.3) is 0 Å². The Morgan fingerprint density at radius 1 is 1.82 bits per heavy atom. The minimum atomic E-state index is -0.569. The van der Waals surface area contributed by atoms with Crippen LogP contribution in [0.1, 0.15) is 0 Å². The molecule has 1 amide bonds. The number of cyclic esters (lactones) is 1. The summed E-state index contributed by atoms with van der Waals surface area (Å²) < 4.78 is 4.65. The molecule has 1 aliphatic heterocycles. The molecule has 1 rings (SSSR count). The molecule has 4 nitrogen and oxygen atoms in total. The molecular formula is C5H6Cl2N2O2. The predicted octanol–water partition coefficient (Wildman–Crippen LogP) is 1.000. The van der Waals surface area contributed by atoms with E-state index in [0.717, 1.165) is 5.01 Å². The van der Waals surface area contributed by atoms with Crippen LogP contribution in [0.4, 0.5) is 4.79 Å². The quantitative estimate of drug-likeness (QED) is 0.503. The Morgan fingerprint density at radius 2 is 2.45 bits per heavy atom. The third-order valence-electron chi connectivity index (χ3n) is 1.26. The number of amides is 1. The summed E-state index contributed by atoms with van der Waals surface area (Å²) in [5, 5.41) is 0.935. The number of carbonyl (C=O) groups is 1. The van der Waals surface area contributed by atoms with Crippen molar-refractivity contribution in [2.24, 2.45) is 5.84 Å². The standard InChI is InChI=1S/C5H6Cl2N2O2/c6-4(7)1-3-2-11-5(10)9(3)8/h1,3H,2,8H2. The van der Waals surface area contributed by atoms with E-state index < -0.39 is 6.09 Å². The number of ether oxygens (including phenoxy) is 1. The summed E-state index contributed by atoms with van der Waals surface area (Å²) in [6.45, 7) is 0.193. The van der Waals surface area contributed by atoms with Crippen LogP contribution in [0.15, 0.2) is 10.6 Å². The maximum absolute atomic E-state index is 10.6. The number of nitrogens with two attached hydrogens (primary N) is 1. The zero-order chi connectivity index (χ0) is 8.43. The van der Waals surface area contributed by atoms with Gasteiger partial charge in [0.15, 0.2) is 0 Å². The van der Waals surface area contributed by atoms with E-state index in [2.05, 4.69) is 4.74 Å². The highest BCUT2D eigenvalue weighted by molar-refractivity contribution is 6.55. The van der Waals surface area contributed by atoms with E-state index in [4.69, 9.17) is 29.0 Å². The molecule has 0 saturated carbocycles. The Balaban J connectivity index is 2.62. The molecule has 6 heteroatoms. The highest BCUT2D eigenvalue weighted by Gasteiger charge is 2.28. The second-order valence-corrected chi connectivity index (χ2v) is 3.02. The molecule has 1 aliphatic rings. The Kier molecular flexibility index (Phi) is 2.59. The van der Waals surface area contributed by atoms with Crippen molar-refractivity contribution in [3.8, 4) is 0 Å². The summed E-state index contributed by atoms with van der Waals surface area (Å²) in [5.41, 5.74) is 0. The van der Waals surface area contributed by atoms with Crippen LogP contribution in [0.3, 0.4) is 0 Å². The smallest absolute Gasteiger partial charge is 0.424 e. The molecule has 1 saturated heterocycles. The highest BCUT2D eigenvalue weighted by atomic mass is 35.5. The van der Waals surface area contributed by atoms with Gasteiger partial charge in [0, 0.05) is 0 Å². The lowest BCUT2D eigenvalue weighted by molar-refractivity contribution is 0.158. The summed E-state index contributed by atoms with van der Waals surface area (Å²) >= 11 is 10.7. The summed E-state index contributed by atoms with van der Waals surface area (Å²) in [6.07, 6.45) is 0.870. The van der Waals surface area contributed by atoms with E-state index in [9.17, 15) is 4.79 Å². The van der Waals surface area contributed by atoms with Crippen LogP contribution in [0.5, 0.6) is 0 Å². The largest absolute Gasteiger partial charge is 0.446 e. The van der Waals surface area contributed by atoms with Gasteiger partial charge >= 0.3 is 6.09 Å². The minimum absolute atomic E-state index is 0.0729. The summed E-state index contributed by atoms with van der Waals surface area (Å²) in [6, 6.07) is -0.354. The zero-order valence-corrected chi connectivity index (χ0v) is 6.97. The van der Waals surface area contributed by atoms with Crippen LogP contribution in [0, 0.1) is 0 Å². The molecule has 2 N–H and O–H groups in total. The van der Waals surface area contributed by atoms with Gasteiger partial charge in [-0.25, -0.2) is 15.6 Å². The van der Waals surface area contributed by atoms with Crippen molar-refractivity contribution in [1.82, 2.24) is 5.01 Å². The Labute approximate surface area is 73.5 Å². The van der Waals surface area contributed by atoms with Crippen molar-refractivity contribution >= 4 is 29.3 Å². The van der Waals surface area contributed by atoms with Gasteiger partial charge < -0.3 is 4.74 Å². The molecule has 11 heavy (non-hydrogen) atoms. The molecule has 0 aromatic heterocycles. The van der Waals surface area contributed by atoms with E-state index in [1.54, 1.807) is 0 Å². The number of halogens is 2. The van der Waals surface area contributed by atoms with E-state index in [1.807, 2.05) is 0 Å². The summed E-state index contributed by atoms with van der Waals surface area (Å²) in [7, 11) is 0. The van der Waals surface area contributed by atoms with E-state index in [-0.39, 0.29) is 17.1 Å². The normalized spacial score (nSPS) is 23.4. The van der Waals surface area contributed by atoms with Crippen molar-refractivity contribution in [1.29, 1.82) is 0 Å². The van der Waals surface area contributed by atoms with E-state index in [1.165, 1.54) is 6.08 Å². The van der Waals surface area contributed by atoms with Gasteiger partial charge in [-0.15, -0.1) is 0 Å². The summed E-state index contributed by atoms with van der Waals surface area (Å²) in [4.78, 5) is 10.6. The Hall–Kier alpha value is -0.450. The van der Waals surface area contributed by atoms with Gasteiger partial charge in [0.1, 0.15) is 17.1 Å². The molecule has 1 atom stereocenters. The molecule has 1 unspecified atom stereocenters. The molecule has 0 bridgehead atoms. The number of rotatable bonds is 1. The lowest BCUT2D eigenvalue weighted by Gasteiger charge is -2.09. The number of nitrogens with zero attached hydrogens (tertiary/aromatic N) is 1. The SMILES string of the molecule is NN1C(=O)OCC1C=C(Cl)Cl. The van der Waals surface area contributed by atoms with Gasteiger partial charge in [0.2, 0.25) is 0 Å². The second kappa shape index (κ2) is 3.30. The molecule has 0 aliphatic carbocycles. The van der Waals surface area contributed by atoms with Crippen LogP contribution in [0.2, 0.25) is 0 Å². The van der Waals surface area contributed by atoms with Crippen molar-refractivity contribution in [3.63, 3.8) is 0 Å². The fourth-order valence-electron chi connectivity index (χ4n) is 0.721. The third-order valence-corrected chi connectivity index (χ3v) is 1.52. The third kappa shape index (κ3) is 1.99. The fraction of sp³-hybridized carbons (Fsp3) is 0.400. The highest BCUT2D eigenvalue weighted by Crippen LogP contribution is 2.14. The average molecular weight is 197 g/mol. The number of hydrazine groups is 1. The molecule has 0 radical (unpaired) electrons. The zero-order valence-electron chi connectivity index (χ0n) is 5.46. The Morgan fingerprint density at radius 3 is 2.82 bits per heavy atom. The molecule has 1 fully saturated rings. The Bertz CT molecular complexity index is 203. The molecular weight excluding hydrogens is 191 g/mol. The predicted molar refractivity (Wildman–Crippen MR) is 41.0 cm³/mol. The summed E-state index contributed by atoms with van der Waals surface area (Å²) in [5.74, 6) is 5.27. The topological polar surface area (TPSA) is 55.6 Å². The molecule has 0 aromatic carbocycles. The first kappa shape index (κ1) is 8.64. The molecule has 62 valence electrons. The monoisotopic (exact) mass is 196 g/mol. The number of hydrogen-bond donors (Lipinski definition) is 1. The van der Waals surface area contributed by atoms with Crippen LogP contribution < -0.4 is 5.84 Å². The van der Waals surface area contributed by atoms with Gasteiger partial charge in [-0.2, -0.15) is 0 Å². The van der Waals surface area contributed by atoms with Gasteiger partial charge in [-0.05, 0) is 6.08 Å². The van der Waals surface area contributed by atoms with Crippen molar-refractivity contribution in [3.05, 3.63) is 10.6 Å². The van der Waals surface area contributed by atoms with E-state index >= 15 is 0 Å². The molecule has 0 aromatic rings.